The van der Waals surface area contributed by atoms with Crippen LogP contribution in [0.5, 0.6) is 0 Å². The first kappa shape index (κ1) is 20.3. The SMILES string of the molecule is CC(=O)c1ccc(N2CCN(CC(=O)N3CCC(C(N)=O)CC3)CC2)c(F)c1. The second kappa shape index (κ2) is 8.68. The number of primary amides is 1. The van der Waals surface area contributed by atoms with Crippen molar-refractivity contribution in [3.8, 4) is 0 Å². The van der Waals surface area contributed by atoms with Crippen molar-refractivity contribution in [1.82, 2.24) is 9.80 Å². The topological polar surface area (TPSA) is 87.0 Å². The van der Waals surface area contributed by atoms with Crippen molar-refractivity contribution in [3.63, 3.8) is 0 Å². The number of amides is 2. The summed E-state index contributed by atoms with van der Waals surface area (Å²) in [6.07, 6.45) is 1.26. The number of Topliss-reactive ketones (excluding diaryl/α,β-unsaturated/α-hetero) is 1. The van der Waals surface area contributed by atoms with Gasteiger partial charge in [0.25, 0.3) is 0 Å². The van der Waals surface area contributed by atoms with Gasteiger partial charge in [0.15, 0.2) is 5.78 Å². The molecule has 0 spiro atoms. The number of carbonyl (C=O) groups excluding carboxylic acids is 3. The molecule has 1 aromatic carbocycles. The molecular formula is C20H27FN4O3. The van der Waals surface area contributed by atoms with Crippen LogP contribution in [0.3, 0.4) is 0 Å². The minimum Gasteiger partial charge on any atom is -0.369 e. The number of nitrogens with two attached hydrogens (primary N) is 1. The number of anilines is 1. The van der Waals surface area contributed by atoms with E-state index in [1.165, 1.54) is 13.0 Å². The molecule has 152 valence electrons. The van der Waals surface area contributed by atoms with Gasteiger partial charge in [-0.25, -0.2) is 4.39 Å². The first-order chi connectivity index (χ1) is 13.3. The number of rotatable bonds is 5. The van der Waals surface area contributed by atoms with Gasteiger partial charge in [0, 0.05) is 50.7 Å². The van der Waals surface area contributed by atoms with Crippen molar-refractivity contribution >= 4 is 23.3 Å². The molecule has 2 heterocycles. The Kier molecular flexibility index (Phi) is 6.28. The molecule has 0 aromatic heterocycles. The molecular weight excluding hydrogens is 363 g/mol. The van der Waals surface area contributed by atoms with Crippen molar-refractivity contribution in [1.29, 1.82) is 0 Å². The van der Waals surface area contributed by atoms with Crippen molar-refractivity contribution < 1.29 is 18.8 Å². The Morgan fingerprint density at radius 1 is 1.07 bits per heavy atom. The van der Waals surface area contributed by atoms with E-state index in [9.17, 15) is 18.8 Å². The number of hydrogen-bond donors (Lipinski definition) is 1. The molecule has 0 saturated carbocycles. The zero-order chi connectivity index (χ0) is 20.3. The highest BCUT2D eigenvalue weighted by atomic mass is 19.1. The van der Waals surface area contributed by atoms with E-state index in [4.69, 9.17) is 5.73 Å². The van der Waals surface area contributed by atoms with Gasteiger partial charge in [-0.05, 0) is 38.0 Å². The number of nitrogens with zero attached hydrogens (tertiary/aromatic N) is 3. The van der Waals surface area contributed by atoms with Gasteiger partial charge in [-0.2, -0.15) is 0 Å². The van der Waals surface area contributed by atoms with Crippen LogP contribution < -0.4 is 10.6 Å². The van der Waals surface area contributed by atoms with Crippen molar-refractivity contribution in [2.75, 3.05) is 50.7 Å². The van der Waals surface area contributed by atoms with Crippen molar-refractivity contribution in [3.05, 3.63) is 29.6 Å². The summed E-state index contributed by atoms with van der Waals surface area (Å²) in [7, 11) is 0. The summed E-state index contributed by atoms with van der Waals surface area (Å²) in [5, 5.41) is 0. The number of likely N-dealkylation sites (tertiary alicyclic amines) is 1. The number of halogens is 1. The number of carbonyl (C=O) groups is 3. The fourth-order valence-corrected chi connectivity index (χ4v) is 3.83. The lowest BCUT2D eigenvalue weighted by Gasteiger charge is -2.37. The Bertz CT molecular complexity index is 754. The molecule has 2 amide bonds. The summed E-state index contributed by atoms with van der Waals surface area (Å²) < 4.78 is 14.3. The highest BCUT2D eigenvalue weighted by molar-refractivity contribution is 5.94. The third kappa shape index (κ3) is 4.67. The molecule has 1 aromatic rings. The molecule has 0 unspecified atom stereocenters. The van der Waals surface area contributed by atoms with Gasteiger partial charge in [-0.3, -0.25) is 19.3 Å². The molecule has 2 aliphatic rings. The molecule has 8 heteroatoms. The Morgan fingerprint density at radius 2 is 1.71 bits per heavy atom. The van der Waals surface area contributed by atoms with Crippen molar-refractivity contribution in [2.45, 2.75) is 19.8 Å². The Labute approximate surface area is 164 Å². The molecule has 2 saturated heterocycles. The lowest BCUT2D eigenvalue weighted by molar-refractivity contribution is -0.136. The second-order valence-corrected chi connectivity index (χ2v) is 7.54. The van der Waals surface area contributed by atoms with E-state index < -0.39 is 5.82 Å². The lowest BCUT2D eigenvalue weighted by atomic mass is 9.96. The molecule has 0 aliphatic carbocycles. The first-order valence-corrected chi connectivity index (χ1v) is 9.70. The van der Waals surface area contributed by atoms with Crippen molar-refractivity contribution in [2.24, 2.45) is 11.7 Å². The van der Waals surface area contributed by atoms with Crippen LogP contribution in [0.4, 0.5) is 10.1 Å². The van der Waals surface area contributed by atoms with Crippen LogP contribution in [0, 0.1) is 11.7 Å². The predicted octanol–water partition coefficient (Wildman–Crippen LogP) is 0.874. The number of benzene rings is 1. The number of piperazine rings is 1. The monoisotopic (exact) mass is 390 g/mol. The minimum atomic E-state index is -0.394. The van der Waals surface area contributed by atoms with Gasteiger partial charge in [0.1, 0.15) is 5.82 Å². The van der Waals surface area contributed by atoms with Gasteiger partial charge in [-0.1, -0.05) is 0 Å². The van der Waals surface area contributed by atoms with E-state index in [1.807, 2.05) is 4.90 Å². The fraction of sp³-hybridized carbons (Fsp3) is 0.550. The highest BCUT2D eigenvalue weighted by Crippen LogP contribution is 2.22. The van der Waals surface area contributed by atoms with Gasteiger partial charge < -0.3 is 15.5 Å². The van der Waals surface area contributed by atoms with Crippen LogP contribution in [0.25, 0.3) is 0 Å². The Hall–Kier alpha value is -2.48. The van der Waals surface area contributed by atoms with Crippen LogP contribution in [0.1, 0.15) is 30.1 Å². The van der Waals surface area contributed by atoms with Gasteiger partial charge in [-0.15, -0.1) is 0 Å². The van der Waals surface area contributed by atoms with E-state index in [0.29, 0.717) is 69.9 Å². The lowest BCUT2D eigenvalue weighted by Crippen LogP contribution is -2.51. The van der Waals surface area contributed by atoms with E-state index in [0.717, 1.165) is 0 Å². The average molecular weight is 390 g/mol. The summed E-state index contributed by atoms with van der Waals surface area (Å²) in [5.74, 6) is -0.903. The maximum atomic E-state index is 14.3. The normalized spacial score (nSPS) is 18.9. The third-order valence-electron chi connectivity index (χ3n) is 5.68. The number of hydrogen-bond acceptors (Lipinski definition) is 5. The molecule has 0 radical (unpaired) electrons. The van der Waals surface area contributed by atoms with Gasteiger partial charge in [0.05, 0.1) is 12.2 Å². The van der Waals surface area contributed by atoms with Gasteiger partial charge >= 0.3 is 0 Å². The average Bonchev–Trinajstić information content (AvgIpc) is 2.68. The minimum absolute atomic E-state index is 0.0633. The van der Waals surface area contributed by atoms with E-state index >= 15 is 0 Å². The van der Waals surface area contributed by atoms with Crippen LogP contribution in [0.15, 0.2) is 18.2 Å². The summed E-state index contributed by atoms with van der Waals surface area (Å²) in [4.78, 5) is 40.9. The third-order valence-corrected chi connectivity index (χ3v) is 5.68. The number of piperidine rings is 1. The summed E-state index contributed by atoms with van der Waals surface area (Å²) in [6, 6.07) is 4.57. The molecule has 28 heavy (non-hydrogen) atoms. The zero-order valence-electron chi connectivity index (χ0n) is 16.2. The smallest absolute Gasteiger partial charge is 0.236 e. The van der Waals surface area contributed by atoms with Crippen LogP contribution >= 0.6 is 0 Å². The standard InChI is InChI=1S/C20H27FN4O3/c1-14(26)16-2-3-18(17(21)12-16)24-10-8-23(9-11-24)13-19(27)25-6-4-15(5-7-25)20(22)28/h2-3,12,15H,4-11,13H2,1H3,(H2,22,28). The molecule has 0 atom stereocenters. The maximum Gasteiger partial charge on any atom is 0.236 e. The molecule has 0 bridgehead atoms. The quantitative estimate of drug-likeness (QED) is 0.754. The first-order valence-electron chi connectivity index (χ1n) is 9.70. The summed E-state index contributed by atoms with van der Waals surface area (Å²) >= 11 is 0. The summed E-state index contributed by atoms with van der Waals surface area (Å²) in [6.45, 7) is 5.46. The predicted molar refractivity (Wildman–Crippen MR) is 104 cm³/mol. The second-order valence-electron chi connectivity index (χ2n) is 7.54. The number of ketones is 1. The highest BCUT2D eigenvalue weighted by Gasteiger charge is 2.28. The van der Waals surface area contributed by atoms with E-state index in [1.54, 1.807) is 17.0 Å². The molecule has 2 aliphatic heterocycles. The van der Waals surface area contributed by atoms with Crippen LogP contribution in [-0.2, 0) is 9.59 Å². The van der Waals surface area contributed by atoms with Gasteiger partial charge in [0.2, 0.25) is 11.8 Å². The Morgan fingerprint density at radius 3 is 2.25 bits per heavy atom. The van der Waals surface area contributed by atoms with E-state index in [2.05, 4.69) is 4.90 Å². The largest absolute Gasteiger partial charge is 0.369 e. The van der Waals surface area contributed by atoms with Crippen LogP contribution in [-0.4, -0.2) is 73.2 Å². The van der Waals surface area contributed by atoms with Crippen LogP contribution in [0.2, 0.25) is 0 Å². The van der Waals surface area contributed by atoms with E-state index in [-0.39, 0.29) is 23.5 Å². The summed E-state index contributed by atoms with van der Waals surface area (Å²) in [5.41, 5.74) is 6.19. The molecule has 7 nitrogen and oxygen atoms in total. The zero-order valence-corrected chi connectivity index (χ0v) is 16.2. The molecule has 2 fully saturated rings. The maximum absolute atomic E-state index is 14.3. The fourth-order valence-electron chi connectivity index (χ4n) is 3.83. The molecule has 2 N–H and O–H groups in total. The molecule has 3 rings (SSSR count). The Balaban J connectivity index is 1.49.